The van der Waals surface area contributed by atoms with E-state index in [1.165, 1.54) is 12.5 Å². The van der Waals surface area contributed by atoms with Crippen molar-refractivity contribution >= 4 is 5.91 Å². The van der Waals surface area contributed by atoms with Gasteiger partial charge in [-0.25, -0.2) is 0 Å². The van der Waals surface area contributed by atoms with E-state index in [0.29, 0.717) is 6.42 Å². The third-order valence-corrected chi connectivity index (χ3v) is 2.81. The van der Waals surface area contributed by atoms with E-state index in [9.17, 15) is 14.8 Å². The number of benzene rings is 1. The van der Waals surface area contributed by atoms with Crippen molar-refractivity contribution in [3.05, 3.63) is 40.8 Å². The minimum atomic E-state index is -0.823. The van der Waals surface area contributed by atoms with Crippen molar-refractivity contribution < 1.29 is 9.90 Å². The molecule has 2 atom stereocenters. The molecule has 1 amide bonds. The summed E-state index contributed by atoms with van der Waals surface area (Å²) in [6.45, 7) is 1.51. The summed E-state index contributed by atoms with van der Waals surface area (Å²) in [5, 5.41) is 11.8. The van der Waals surface area contributed by atoms with Crippen LogP contribution >= 0.6 is 0 Å². The number of aliphatic hydroxyl groups is 1. The molecule has 0 bridgehead atoms. The molecule has 0 aliphatic heterocycles. The van der Waals surface area contributed by atoms with Gasteiger partial charge in [-0.05, 0) is 31.7 Å². The number of aryl methyl sites for hydroxylation is 1. The number of rotatable bonds is 6. The summed E-state index contributed by atoms with van der Waals surface area (Å²) in [7, 11) is 0. The van der Waals surface area contributed by atoms with Gasteiger partial charge >= 0.3 is 0 Å². The van der Waals surface area contributed by atoms with Gasteiger partial charge in [0.1, 0.15) is 0 Å². The Bertz CT molecular complexity index is 362. The van der Waals surface area contributed by atoms with Crippen LogP contribution in [0.4, 0.5) is 0 Å². The molecule has 1 N–H and O–H groups in total. The second-order valence-electron chi connectivity index (χ2n) is 4.15. The lowest BCUT2D eigenvalue weighted by atomic mass is 9.95. The Labute approximate surface area is 101 Å². The number of carbonyl (C=O) groups excluding carboxylic acids is 1. The highest BCUT2D eigenvalue weighted by Gasteiger charge is 2.23. The molecule has 0 aliphatic carbocycles. The van der Waals surface area contributed by atoms with Crippen LogP contribution in [0.25, 0.3) is 0 Å². The number of nitrogens with zero attached hydrogens (tertiary/aromatic N) is 1. The minimum Gasteiger partial charge on any atom is -0.393 e. The van der Waals surface area contributed by atoms with Crippen LogP contribution in [0.2, 0.25) is 0 Å². The average molecular weight is 235 g/mol. The summed E-state index contributed by atoms with van der Waals surface area (Å²) in [6.07, 6.45) is 1.24. The van der Waals surface area contributed by atoms with E-state index in [2.05, 4.69) is 5.18 Å². The maximum Gasteiger partial charge on any atom is 0.291 e. The SMILES string of the molecule is CC(O)C(CCCc1ccccc1)C(=O)N=O. The molecule has 0 aromatic heterocycles. The van der Waals surface area contributed by atoms with Gasteiger partial charge in [-0.3, -0.25) is 4.79 Å². The van der Waals surface area contributed by atoms with Gasteiger partial charge in [0.2, 0.25) is 0 Å². The molecular weight excluding hydrogens is 218 g/mol. The van der Waals surface area contributed by atoms with Gasteiger partial charge < -0.3 is 5.11 Å². The number of aliphatic hydroxyl groups excluding tert-OH is 1. The fourth-order valence-electron chi connectivity index (χ4n) is 1.81. The first kappa shape index (κ1) is 13.5. The molecule has 0 heterocycles. The second kappa shape index (κ2) is 6.91. The van der Waals surface area contributed by atoms with Crippen LogP contribution in [0.15, 0.2) is 35.5 Å². The maximum atomic E-state index is 11.2. The van der Waals surface area contributed by atoms with E-state index < -0.39 is 17.9 Å². The van der Waals surface area contributed by atoms with E-state index in [1.807, 2.05) is 30.3 Å². The fraction of sp³-hybridized carbons (Fsp3) is 0.462. The van der Waals surface area contributed by atoms with E-state index in [1.54, 1.807) is 0 Å². The average Bonchev–Trinajstić information content (AvgIpc) is 2.34. The Hall–Kier alpha value is -1.55. The van der Waals surface area contributed by atoms with Crippen molar-refractivity contribution in [2.24, 2.45) is 11.1 Å². The molecule has 1 rings (SSSR count). The molecule has 1 aromatic carbocycles. The second-order valence-corrected chi connectivity index (χ2v) is 4.15. The predicted molar refractivity (Wildman–Crippen MR) is 65.4 cm³/mol. The van der Waals surface area contributed by atoms with Crippen molar-refractivity contribution in [1.82, 2.24) is 0 Å². The van der Waals surface area contributed by atoms with Crippen molar-refractivity contribution in [2.45, 2.75) is 32.3 Å². The topological polar surface area (TPSA) is 66.7 Å². The van der Waals surface area contributed by atoms with Crippen molar-refractivity contribution in [2.75, 3.05) is 0 Å². The molecule has 1 aromatic rings. The number of carbonyl (C=O) groups is 1. The highest BCUT2D eigenvalue weighted by molar-refractivity contribution is 5.79. The summed E-state index contributed by atoms with van der Waals surface area (Å²) in [4.78, 5) is 21.3. The first-order valence-electron chi connectivity index (χ1n) is 5.74. The number of amides is 1. The Balaban J connectivity index is 2.43. The largest absolute Gasteiger partial charge is 0.393 e. The fourth-order valence-corrected chi connectivity index (χ4v) is 1.81. The van der Waals surface area contributed by atoms with Crippen LogP contribution in [-0.2, 0) is 11.2 Å². The van der Waals surface area contributed by atoms with Crippen LogP contribution in [0, 0.1) is 10.8 Å². The lowest BCUT2D eigenvalue weighted by Gasteiger charge is -2.14. The molecule has 4 nitrogen and oxygen atoms in total. The van der Waals surface area contributed by atoms with Crippen LogP contribution in [0.3, 0.4) is 0 Å². The first-order chi connectivity index (χ1) is 8.15. The molecule has 0 saturated heterocycles. The molecule has 0 saturated carbocycles. The van der Waals surface area contributed by atoms with Gasteiger partial charge in [0.25, 0.3) is 5.91 Å². The van der Waals surface area contributed by atoms with Crippen LogP contribution in [-0.4, -0.2) is 17.1 Å². The zero-order valence-corrected chi connectivity index (χ0v) is 9.87. The highest BCUT2D eigenvalue weighted by atomic mass is 16.3. The summed E-state index contributed by atoms with van der Waals surface area (Å²) >= 11 is 0. The quantitative estimate of drug-likeness (QED) is 0.769. The minimum absolute atomic E-state index is 0.483. The standard InChI is InChI=1S/C13H17NO3/c1-10(15)12(13(16)14-17)9-5-8-11-6-3-2-4-7-11/h2-4,6-7,10,12,15H,5,8-9H2,1H3. The lowest BCUT2D eigenvalue weighted by molar-refractivity contribution is -0.125. The molecule has 92 valence electrons. The summed E-state index contributed by atoms with van der Waals surface area (Å²) in [5.74, 6) is -1.43. The van der Waals surface area contributed by atoms with Crippen molar-refractivity contribution in [3.63, 3.8) is 0 Å². The van der Waals surface area contributed by atoms with Gasteiger partial charge in [0.15, 0.2) is 0 Å². The normalized spacial score (nSPS) is 14.0. The Kier molecular flexibility index (Phi) is 5.49. The number of hydrogen-bond acceptors (Lipinski definition) is 3. The molecular formula is C13H17NO3. The molecule has 0 radical (unpaired) electrons. The highest BCUT2D eigenvalue weighted by Crippen LogP contribution is 2.16. The Morgan fingerprint density at radius 1 is 1.35 bits per heavy atom. The third kappa shape index (κ3) is 4.44. The van der Waals surface area contributed by atoms with Gasteiger partial charge in [0, 0.05) is 5.18 Å². The number of nitroso groups, excluding NO2 is 1. The third-order valence-electron chi connectivity index (χ3n) is 2.81. The molecule has 17 heavy (non-hydrogen) atoms. The van der Waals surface area contributed by atoms with E-state index in [-0.39, 0.29) is 0 Å². The van der Waals surface area contributed by atoms with Crippen LogP contribution in [0.5, 0.6) is 0 Å². The first-order valence-corrected chi connectivity index (χ1v) is 5.74. The van der Waals surface area contributed by atoms with Gasteiger partial charge in [-0.2, -0.15) is 0 Å². The van der Waals surface area contributed by atoms with E-state index in [0.717, 1.165) is 12.8 Å². The van der Waals surface area contributed by atoms with Gasteiger partial charge in [-0.1, -0.05) is 30.3 Å². The lowest BCUT2D eigenvalue weighted by Crippen LogP contribution is -2.24. The molecule has 4 heteroatoms. The molecule has 0 aliphatic rings. The van der Waals surface area contributed by atoms with Crippen LogP contribution in [0.1, 0.15) is 25.3 Å². The smallest absolute Gasteiger partial charge is 0.291 e. The predicted octanol–water partition coefficient (Wildman–Crippen LogP) is 2.30. The maximum absolute atomic E-state index is 11.2. The van der Waals surface area contributed by atoms with E-state index >= 15 is 0 Å². The van der Waals surface area contributed by atoms with Crippen LogP contribution < -0.4 is 0 Å². The molecule has 2 unspecified atom stereocenters. The zero-order valence-electron chi connectivity index (χ0n) is 9.87. The van der Waals surface area contributed by atoms with E-state index in [4.69, 9.17) is 0 Å². The molecule has 0 fully saturated rings. The summed E-state index contributed by atoms with van der Waals surface area (Å²) < 4.78 is 0. The Morgan fingerprint density at radius 3 is 2.53 bits per heavy atom. The molecule has 0 spiro atoms. The summed E-state index contributed by atoms with van der Waals surface area (Å²) in [5.41, 5.74) is 1.18. The monoisotopic (exact) mass is 235 g/mol. The number of hydrogen-bond donors (Lipinski definition) is 1. The van der Waals surface area contributed by atoms with Gasteiger partial charge in [-0.15, -0.1) is 4.91 Å². The van der Waals surface area contributed by atoms with Gasteiger partial charge in [0.05, 0.1) is 12.0 Å². The summed E-state index contributed by atoms with van der Waals surface area (Å²) in [6, 6.07) is 9.88. The van der Waals surface area contributed by atoms with Crippen molar-refractivity contribution in [3.8, 4) is 0 Å². The van der Waals surface area contributed by atoms with Crippen molar-refractivity contribution in [1.29, 1.82) is 0 Å². The zero-order chi connectivity index (χ0) is 12.7. The Morgan fingerprint density at radius 2 is 2.00 bits per heavy atom.